The number of aliphatic hydroxyl groups is 1. The number of nitrogens with two attached hydrogens (primary N) is 1. The lowest BCUT2D eigenvalue weighted by Crippen LogP contribution is -2.87. The largest absolute Gasteiger partial charge is 0.491 e. The number of benzene rings is 1. The molecule has 0 unspecified atom stereocenters. The molecule has 0 amide bonds. The molecule has 0 spiro atoms. The number of halogens is 3. The number of hydrogen-bond donors (Lipinski definition) is 3. The highest BCUT2D eigenvalue weighted by molar-refractivity contribution is 5.25. The Hall–Kier alpha value is -2.39. The first-order valence-corrected chi connectivity index (χ1v) is 7.77. The van der Waals surface area contributed by atoms with Gasteiger partial charge < -0.3 is 20.5 Å². The third kappa shape index (κ3) is 6.94. The van der Waals surface area contributed by atoms with E-state index >= 15 is 0 Å². The van der Waals surface area contributed by atoms with Gasteiger partial charge in [-0.3, -0.25) is 0 Å². The minimum atomic E-state index is -4.49. The Balaban J connectivity index is 1.61. The fourth-order valence-electron chi connectivity index (χ4n) is 1.98. The Kier molecular flexibility index (Phi) is 6.96. The highest BCUT2D eigenvalue weighted by atomic mass is 19.4. The first-order valence-electron chi connectivity index (χ1n) is 7.77. The highest BCUT2D eigenvalue weighted by Gasteiger charge is 2.32. The molecule has 6 nitrogen and oxygen atoms in total. The van der Waals surface area contributed by atoms with Crippen LogP contribution in [0.5, 0.6) is 5.75 Å². The molecule has 1 aromatic carbocycles. The van der Waals surface area contributed by atoms with E-state index in [0.717, 1.165) is 12.3 Å². The second kappa shape index (κ2) is 9.19. The van der Waals surface area contributed by atoms with Crippen LogP contribution in [0.25, 0.3) is 0 Å². The Bertz CT molecular complexity index is 641. The number of hydrogen-bond acceptors (Lipinski definition) is 5. The van der Waals surface area contributed by atoms with Crippen molar-refractivity contribution in [2.24, 2.45) is 0 Å². The van der Waals surface area contributed by atoms with E-state index in [-0.39, 0.29) is 12.6 Å². The minimum Gasteiger partial charge on any atom is -0.491 e. The van der Waals surface area contributed by atoms with Crippen molar-refractivity contribution in [2.75, 3.05) is 31.6 Å². The van der Waals surface area contributed by atoms with Crippen molar-refractivity contribution in [3.05, 3.63) is 48.3 Å². The average Bonchev–Trinajstić information content (AvgIpc) is 2.60. The molecule has 2 aromatic rings. The second-order valence-corrected chi connectivity index (χ2v) is 5.28. The van der Waals surface area contributed by atoms with Gasteiger partial charge in [-0.15, -0.1) is 0 Å². The van der Waals surface area contributed by atoms with E-state index in [0.29, 0.717) is 25.4 Å². The van der Waals surface area contributed by atoms with E-state index in [1.165, 1.54) is 0 Å². The zero-order valence-corrected chi connectivity index (χ0v) is 13.4. The number of nitrogens with one attached hydrogen (secondary N) is 1. The first kappa shape index (κ1) is 18.9. The third-order valence-corrected chi connectivity index (χ3v) is 3.20. The Morgan fingerprint density at radius 3 is 2.68 bits per heavy atom. The van der Waals surface area contributed by atoms with Crippen molar-refractivity contribution in [3.63, 3.8) is 0 Å². The molecule has 0 radical (unpaired) electrons. The molecular formula is C16H20F3N4O2+. The summed E-state index contributed by atoms with van der Waals surface area (Å²) in [7, 11) is 0. The number of alkyl halides is 3. The number of quaternary nitrogens is 1. The molecule has 136 valence electrons. The number of ether oxygens (including phenoxy) is 1. The maximum Gasteiger partial charge on any atom is 0.433 e. The summed E-state index contributed by atoms with van der Waals surface area (Å²) in [5.41, 5.74) is -0.984. The molecule has 0 saturated heterocycles. The summed E-state index contributed by atoms with van der Waals surface area (Å²) >= 11 is 0. The molecule has 4 N–H and O–H groups in total. The van der Waals surface area contributed by atoms with Crippen LogP contribution in [0.15, 0.2) is 42.6 Å². The third-order valence-electron chi connectivity index (χ3n) is 3.20. The number of aliphatic hydroxyl groups excluding tert-OH is 1. The van der Waals surface area contributed by atoms with Crippen molar-refractivity contribution in [1.82, 2.24) is 9.97 Å². The molecule has 0 saturated carbocycles. The van der Waals surface area contributed by atoms with Crippen LogP contribution in [0.1, 0.15) is 5.69 Å². The summed E-state index contributed by atoms with van der Waals surface area (Å²) < 4.78 is 43.0. The minimum absolute atomic E-state index is 0.0730. The number of nitrogens with zero attached hydrogens (tertiary/aromatic N) is 2. The number of para-hydroxylation sites is 1. The molecule has 0 fully saturated rings. The van der Waals surface area contributed by atoms with Crippen molar-refractivity contribution < 1.29 is 28.3 Å². The van der Waals surface area contributed by atoms with Gasteiger partial charge in [-0.1, -0.05) is 18.2 Å². The summed E-state index contributed by atoms with van der Waals surface area (Å²) in [5.74, 6) is 0.612. The number of anilines is 1. The normalized spacial score (nSPS) is 12.6. The Morgan fingerprint density at radius 1 is 1.20 bits per heavy atom. The predicted molar refractivity (Wildman–Crippen MR) is 85.1 cm³/mol. The SMILES string of the molecule is O[C@@H](C[NH2+]CCNc1nccc(C(F)(F)F)n1)COc1ccccc1. The molecular weight excluding hydrogens is 337 g/mol. The molecule has 2 rings (SSSR count). The van der Waals surface area contributed by atoms with E-state index in [1.54, 1.807) is 12.1 Å². The predicted octanol–water partition coefficient (Wildman–Crippen LogP) is 0.911. The fraction of sp³-hybridized carbons (Fsp3) is 0.375. The van der Waals surface area contributed by atoms with Gasteiger partial charge in [-0.2, -0.15) is 13.2 Å². The summed E-state index contributed by atoms with van der Waals surface area (Å²) in [4.78, 5) is 7.15. The van der Waals surface area contributed by atoms with Crippen LogP contribution in [-0.2, 0) is 6.18 Å². The average molecular weight is 357 g/mol. The van der Waals surface area contributed by atoms with Crippen LogP contribution in [-0.4, -0.2) is 47.4 Å². The molecule has 9 heteroatoms. The van der Waals surface area contributed by atoms with Gasteiger partial charge in [0.05, 0.1) is 13.1 Å². The van der Waals surface area contributed by atoms with E-state index in [2.05, 4.69) is 15.3 Å². The smallest absolute Gasteiger partial charge is 0.433 e. The standard InChI is InChI=1S/C16H19F3N4O2/c17-16(18,19)14-6-7-21-15(23-14)22-9-8-20-10-12(24)11-25-13-4-2-1-3-5-13/h1-7,12,20,24H,8-11H2,(H,21,22,23)/p+1/t12-/m0/s1. The molecule has 1 aromatic heterocycles. The highest BCUT2D eigenvalue weighted by Crippen LogP contribution is 2.27. The lowest BCUT2D eigenvalue weighted by Gasteiger charge is -2.12. The molecule has 1 atom stereocenters. The summed E-state index contributed by atoms with van der Waals surface area (Å²) in [6.07, 6.45) is -4.08. The topological polar surface area (TPSA) is 83.9 Å². The molecule has 0 bridgehead atoms. The van der Waals surface area contributed by atoms with Gasteiger partial charge in [0.1, 0.15) is 30.7 Å². The van der Waals surface area contributed by atoms with Gasteiger partial charge in [0.15, 0.2) is 0 Å². The first-order chi connectivity index (χ1) is 11.9. The number of aromatic nitrogens is 2. The maximum absolute atomic E-state index is 12.5. The van der Waals surface area contributed by atoms with Crippen LogP contribution in [0, 0.1) is 0 Å². The molecule has 1 heterocycles. The summed E-state index contributed by atoms with van der Waals surface area (Å²) in [6, 6.07) is 9.98. The second-order valence-electron chi connectivity index (χ2n) is 5.28. The fourth-order valence-corrected chi connectivity index (χ4v) is 1.98. The van der Waals surface area contributed by atoms with Crippen LogP contribution < -0.4 is 15.4 Å². The molecule has 0 aliphatic carbocycles. The van der Waals surface area contributed by atoms with Gasteiger partial charge >= 0.3 is 6.18 Å². The Labute approximate surface area is 143 Å². The van der Waals surface area contributed by atoms with Gasteiger partial charge in [0.2, 0.25) is 5.95 Å². The van der Waals surface area contributed by atoms with Crippen LogP contribution in [0.3, 0.4) is 0 Å². The van der Waals surface area contributed by atoms with Crippen molar-refractivity contribution >= 4 is 5.95 Å². The zero-order chi connectivity index (χ0) is 18.1. The number of rotatable bonds is 9. The van der Waals surface area contributed by atoms with Gasteiger partial charge in [0, 0.05) is 6.20 Å². The van der Waals surface area contributed by atoms with Gasteiger partial charge in [-0.25, -0.2) is 9.97 Å². The molecule has 0 aliphatic rings. The van der Waals surface area contributed by atoms with E-state index in [4.69, 9.17) is 4.74 Å². The Morgan fingerprint density at radius 2 is 1.96 bits per heavy atom. The van der Waals surface area contributed by atoms with Crippen molar-refractivity contribution in [1.29, 1.82) is 0 Å². The lowest BCUT2D eigenvalue weighted by atomic mass is 10.3. The lowest BCUT2D eigenvalue weighted by molar-refractivity contribution is -0.658. The van der Waals surface area contributed by atoms with E-state index in [1.807, 2.05) is 23.5 Å². The summed E-state index contributed by atoms with van der Waals surface area (Å²) in [6.45, 7) is 1.50. The molecule has 25 heavy (non-hydrogen) atoms. The monoisotopic (exact) mass is 357 g/mol. The van der Waals surface area contributed by atoms with Crippen molar-refractivity contribution in [2.45, 2.75) is 12.3 Å². The van der Waals surface area contributed by atoms with Crippen LogP contribution >= 0.6 is 0 Å². The van der Waals surface area contributed by atoms with E-state index in [9.17, 15) is 18.3 Å². The van der Waals surface area contributed by atoms with Crippen molar-refractivity contribution in [3.8, 4) is 5.75 Å². The molecule has 0 aliphatic heterocycles. The van der Waals surface area contributed by atoms with Gasteiger partial charge in [-0.05, 0) is 18.2 Å². The summed E-state index contributed by atoms with van der Waals surface area (Å²) in [5, 5.41) is 14.4. The van der Waals surface area contributed by atoms with Crippen LogP contribution in [0.4, 0.5) is 19.1 Å². The zero-order valence-electron chi connectivity index (χ0n) is 13.4. The van der Waals surface area contributed by atoms with E-state index < -0.39 is 18.0 Å². The maximum atomic E-state index is 12.5. The van der Waals surface area contributed by atoms with Gasteiger partial charge in [0.25, 0.3) is 0 Å². The van der Waals surface area contributed by atoms with Crippen LogP contribution in [0.2, 0.25) is 0 Å². The quantitative estimate of drug-likeness (QED) is 0.581.